The van der Waals surface area contributed by atoms with Crippen molar-refractivity contribution < 1.29 is 4.79 Å². The van der Waals surface area contributed by atoms with E-state index in [1.165, 1.54) is 0 Å². The molecule has 62 valence electrons. The average Bonchev–Trinajstić information content (AvgIpc) is 2.05. The van der Waals surface area contributed by atoms with Crippen molar-refractivity contribution in [2.45, 2.75) is 6.42 Å². The zero-order chi connectivity index (χ0) is 8.97. The van der Waals surface area contributed by atoms with E-state index in [1.807, 2.05) is 0 Å². The predicted molar refractivity (Wildman–Crippen MR) is 50.7 cm³/mol. The Morgan fingerprint density at radius 2 is 2.25 bits per heavy atom. The molecule has 0 atom stereocenters. The first-order chi connectivity index (χ1) is 5.77. The van der Waals surface area contributed by atoms with Gasteiger partial charge in [0.1, 0.15) is 6.29 Å². The number of hydrogen-bond donors (Lipinski definition) is 0. The normalized spacial score (nSPS) is 9.42. The molecule has 0 heterocycles. The van der Waals surface area contributed by atoms with Crippen LogP contribution in [0.25, 0.3) is 0 Å². The van der Waals surface area contributed by atoms with Crippen LogP contribution in [0.2, 0.25) is 5.02 Å². The molecule has 0 spiro atoms. The van der Waals surface area contributed by atoms with Crippen LogP contribution in [0.1, 0.15) is 15.9 Å². The SMILES string of the molecule is C=CCc1cc(Cl)ccc1C=O. The summed E-state index contributed by atoms with van der Waals surface area (Å²) in [6.07, 6.45) is 3.25. The summed E-state index contributed by atoms with van der Waals surface area (Å²) in [5, 5.41) is 0.650. The van der Waals surface area contributed by atoms with Crippen LogP contribution in [0.3, 0.4) is 0 Å². The van der Waals surface area contributed by atoms with E-state index in [1.54, 1.807) is 24.3 Å². The molecular weight excluding hydrogens is 172 g/mol. The molecule has 0 N–H and O–H groups in total. The van der Waals surface area contributed by atoms with Crippen molar-refractivity contribution in [3.05, 3.63) is 47.0 Å². The molecule has 0 saturated carbocycles. The molecule has 0 fully saturated rings. The number of halogens is 1. The molecule has 0 saturated heterocycles. The van der Waals surface area contributed by atoms with Gasteiger partial charge in [0.15, 0.2) is 0 Å². The van der Waals surface area contributed by atoms with Crippen LogP contribution in [0.15, 0.2) is 30.9 Å². The number of allylic oxidation sites excluding steroid dienone is 1. The van der Waals surface area contributed by atoms with Gasteiger partial charge in [-0.1, -0.05) is 17.7 Å². The minimum absolute atomic E-state index is 0.650. The Balaban J connectivity index is 3.11. The number of benzene rings is 1. The standard InChI is InChI=1S/C10H9ClO/c1-2-3-8-6-10(11)5-4-9(8)7-12/h2,4-7H,1,3H2. The highest BCUT2D eigenvalue weighted by molar-refractivity contribution is 6.30. The molecule has 1 aromatic rings. The largest absolute Gasteiger partial charge is 0.298 e. The summed E-state index contributed by atoms with van der Waals surface area (Å²) in [7, 11) is 0. The fourth-order valence-electron chi connectivity index (χ4n) is 1.02. The maximum atomic E-state index is 10.5. The monoisotopic (exact) mass is 180 g/mol. The minimum atomic E-state index is 0.650. The maximum absolute atomic E-state index is 10.5. The molecule has 0 bridgehead atoms. The van der Waals surface area contributed by atoms with Crippen LogP contribution in [-0.4, -0.2) is 6.29 Å². The number of aldehydes is 1. The first-order valence-corrected chi connectivity index (χ1v) is 4.00. The topological polar surface area (TPSA) is 17.1 Å². The summed E-state index contributed by atoms with van der Waals surface area (Å²) in [6.45, 7) is 3.60. The van der Waals surface area contributed by atoms with Crippen molar-refractivity contribution in [1.82, 2.24) is 0 Å². The van der Waals surface area contributed by atoms with Gasteiger partial charge in [0.2, 0.25) is 0 Å². The van der Waals surface area contributed by atoms with E-state index in [0.717, 1.165) is 11.8 Å². The van der Waals surface area contributed by atoms with Gasteiger partial charge in [-0.3, -0.25) is 4.79 Å². The van der Waals surface area contributed by atoms with Gasteiger partial charge in [0, 0.05) is 10.6 Å². The lowest BCUT2D eigenvalue weighted by atomic mass is 10.1. The van der Waals surface area contributed by atoms with Gasteiger partial charge >= 0.3 is 0 Å². The lowest BCUT2D eigenvalue weighted by Gasteiger charge is -2.00. The number of carbonyl (C=O) groups excluding carboxylic acids is 1. The molecule has 0 aliphatic carbocycles. The Hall–Kier alpha value is -1.08. The first kappa shape index (κ1) is 9.01. The quantitative estimate of drug-likeness (QED) is 0.517. The van der Waals surface area contributed by atoms with E-state index in [-0.39, 0.29) is 0 Å². The molecule has 0 aliphatic rings. The minimum Gasteiger partial charge on any atom is -0.298 e. The first-order valence-electron chi connectivity index (χ1n) is 3.62. The van der Waals surface area contributed by atoms with E-state index in [2.05, 4.69) is 6.58 Å². The van der Waals surface area contributed by atoms with Gasteiger partial charge in [0.25, 0.3) is 0 Å². The lowest BCUT2D eigenvalue weighted by Crippen LogP contribution is -1.90. The third-order valence-corrected chi connectivity index (χ3v) is 1.83. The second kappa shape index (κ2) is 4.07. The van der Waals surface area contributed by atoms with Crippen LogP contribution in [0.5, 0.6) is 0 Å². The molecule has 0 aromatic heterocycles. The van der Waals surface area contributed by atoms with E-state index >= 15 is 0 Å². The fourth-order valence-corrected chi connectivity index (χ4v) is 1.22. The highest BCUT2D eigenvalue weighted by Gasteiger charge is 1.99. The molecule has 2 heteroatoms. The van der Waals surface area contributed by atoms with Crippen LogP contribution < -0.4 is 0 Å². The highest BCUT2D eigenvalue weighted by Crippen LogP contribution is 2.15. The number of carbonyl (C=O) groups is 1. The number of rotatable bonds is 3. The van der Waals surface area contributed by atoms with Crippen LogP contribution >= 0.6 is 11.6 Å². The van der Waals surface area contributed by atoms with Crippen molar-refractivity contribution in [2.24, 2.45) is 0 Å². The van der Waals surface area contributed by atoms with Crippen molar-refractivity contribution in [1.29, 1.82) is 0 Å². The van der Waals surface area contributed by atoms with Gasteiger partial charge < -0.3 is 0 Å². The summed E-state index contributed by atoms with van der Waals surface area (Å²) < 4.78 is 0. The van der Waals surface area contributed by atoms with Crippen LogP contribution in [0.4, 0.5) is 0 Å². The second-order valence-corrected chi connectivity index (χ2v) is 2.89. The smallest absolute Gasteiger partial charge is 0.150 e. The van der Waals surface area contributed by atoms with Crippen molar-refractivity contribution in [3.63, 3.8) is 0 Å². The molecule has 0 radical (unpaired) electrons. The fraction of sp³-hybridized carbons (Fsp3) is 0.100. The van der Waals surface area contributed by atoms with Crippen LogP contribution in [0, 0.1) is 0 Å². The third kappa shape index (κ3) is 1.95. The Bertz CT molecular complexity index is 305. The van der Waals surface area contributed by atoms with Crippen molar-refractivity contribution in [2.75, 3.05) is 0 Å². The predicted octanol–water partition coefficient (Wildman–Crippen LogP) is 2.88. The van der Waals surface area contributed by atoms with Gasteiger partial charge in [0.05, 0.1) is 0 Å². The summed E-state index contributed by atoms with van der Waals surface area (Å²) in [5.74, 6) is 0. The Labute approximate surface area is 76.7 Å². The molecule has 1 nitrogen and oxygen atoms in total. The Morgan fingerprint density at radius 1 is 1.50 bits per heavy atom. The van der Waals surface area contributed by atoms with Gasteiger partial charge in [-0.25, -0.2) is 0 Å². The maximum Gasteiger partial charge on any atom is 0.150 e. The Morgan fingerprint density at radius 3 is 2.83 bits per heavy atom. The van der Waals surface area contributed by atoms with E-state index < -0.39 is 0 Å². The molecule has 0 unspecified atom stereocenters. The molecule has 0 aliphatic heterocycles. The van der Waals surface area contributed by atoms with Crippen molar-refractivity contribution >= 4 is 17.9 Å². The summed E-state index contributed by atoms with van der Waals surface area (Å²) in [5.41, 5.74) is 1.60. The lowest BCUT2D eigenvalue weighted by molar-refractivity contribution is 0.112. The molecule has 1 aromatic carbocycles. The highest BCUT2D eigenvalue weighted by atomic mass is 35.5. The zero-order valence-corrected chi connectivity index (χ0v) is 7.34. The number of hydrogen-bond acceptors (Lipinski definition) is 1. The Kier molecular flexibility index (Phi) is 3.06. The average molecular weight is 181 g/mol. The van der Waals surface area contributed by atoms with Crippen molar-refractivity contribution in [3.8, 4) is 0 Å². The van der Waals surface area contributed by atoms with Gasteiger partial charge in [-0.2, -0.15) is 0 Å². The van der Waals surface area contributed by atoms with Gasteiger partial charge in [-0.15, -0.1) is 6.58 Å². The van der Waals surface area contributed by atoms with E-state index in [0.29, 0.717) is 17.0 Å². The van der Waals surface area contributed by atoms with Gasteiger partial charge in [-0.05, 0) is 30.2 Å². The molecule has 1 rings (SSSR count). The molecule has 0 amide bonds. The molecule has 12 heavy (non-hydrogen) atoms. The second-order valence-electron chi connectivity index (χ2n) is 2.45. The van der Waals surface area contributed by atoms with E-state index in [9.17, 15) is 4.79 Å². The van der Waals surface area contributed by atoms with Crippen LogP contribution in [-0.2, 0) is 6.42 Å². The summed E-state index contributed by atoms with van der Waals surface area (Å²) in [6, 6.07) is 5.21. The molecular formula is C10H9ClO. The van der Waals surface area contributed by atoms with E-state index in [4.69, 9.17) is 11.6 Å². The third-order valence-electron chi connectivity index (χ3n) is 1.60. The zero-order valence-electron chi connectivity index (χ0n) is 6.59. The summed E-state index contributed by atoms with van der Waals surface area (Å²) >= 11 is 5.76. The summed E-state index contributed by atoms with van der Waals surface area (Å²) in [4.78, 5) is 10.5.